The SMILES string of the molecule is O=C(c1ccc(O)c([N+](=O)[O-])c1)N1CCCC2(CCN(C(=O)c3ccc(-c4ccc(F)cc4)cc3F)CC2)C1. The highest BCUT2D eigenvalue weighted by atomic mass is 19.1. The minimum Gasteiger partial charge on any atom is -0.502 e. The van der Waals surface area contributed by atoms with Crippen LogP contribution in [0, 0.1) is 27.2 Å². The number of nitrogens with zero attached hydrogens (tertiary/aromatic N) is 3. The number of rotatable bonds is 4. The first kappa shape index (κ1) is 26.3. The second-order valence-electron chi connectivity index (χ2n) is 10.3. The van der Waals surface area contributed by atoms with E-state index >= 15 is 0 Å². The highest BCUT2D eigenvalue weighted by Crippen LogP contribution is 2.41. The summed E-state index contributed by atoms with van der Waals surface area (Å²) in [5, 5.41) is 20.9. The standard InChI is InChI=1S/C29H27F2N3O5/c30-22-6-2-19(3-7-22)20-4-8-23(24(31)16-20)28(37)32-14-11-29(12-15-32)10-1-13-33(18-29)27(36)21-5-9-26(35)25(17-21)34(38)39/h2-9,16-17,35H,1,10-15,18H2. The molecule has 0 aromatic heterocycles. The van der Waals surface area contributed by atoms with Crippen LogP contribution in [0.3, 0.4) is 0 Å². The number of carbonyl (C=O) groups is 2. The number of amides is 2. The van der Waals surface area contributed by atoms with Gasteiger partial charge in [0.1, 0.15) is 11.6 Å². The van der Waals surface area contributed by atoms with Crippen molar-refractivity contribution in [3.05, 3.63) is 93.5 Å². The molecule has 2 amide bonds. The van der Waals surface area contributed by atoms with Crippen LogP contribution in [-0.2, 0) is 0 Å². The molecular weight excluding hydrogens is 508 g/mol. The Morgan fingerprint density at radius 3 is 2.21 bits per heavy atom. The van der Waals surface area contributed by atoms with E-state index in [2.05, 4.69) is 0 Å². The van der Waals surface area contributed by atoms with Crippen LogP contribution in [0.1, 0.15) is 46.4 Å². The highest BCUT2D eigenvalue weighted by Gasteiger charge is 2.41. The number of likely N-dealkylation sites (tertiary alicyclic amines) is 2. The number of halogens is 2. The van der Waals surface area contributed by atoms with E-state index in [9.17, 15) is 33.6 Å². The minimum absolute atomic E-state index is 0.0221. The van der Waals surface area contributed by atoms with Gasteiger partial charge in [-0.05, 0) is 78.6 Å². The predicted octanol–water partition coefficient (Wildman–Crippen LogP) is 5.40. The van der Waals surface area contributed by atoms with Gasteiger partial charge >= 0.3 is 5.69 Å². The summed E-state index contributed by atoms with van der Waals surface area (Å²) < 4.78 is 28.2. The molecule has 3 aromatic carbocycles. The van der Waals surface area contributed by atoms with Crippen molar-refractivity contribution in [2.24, 2.45) is 5.41 Å². The summed E-state index contributed by atoms with van der Waals surface area (Å²) in [5.41, 5.74) is 0.603. The minimum atomic E-state index is -0.726. The molecular formula is C29H27F2N3O5. The molecule has 2 saturated heterocycles. The van der Waals surface area contributed by atoms with Gasteiger partial charge in [0.2, 0.25) is 0 Å². The number of piperidine rings is 2. The third-order valence-corrected chi connectivity index (χ3v) is 7.86. The summed E-state index contributed by atoms with van der Waals surface area (Å²) in [7, 11) is 0. The average molecular weight is 536 g/mol. The average Bonchev–Trinajstić information content (AvgIpc) is 2.93. The van der Waals surface area contributed by atoms with E-state index in [0.29, 0.717) is 50.1 Å². The third kappa shape index (κ3) is 5.32. The number of hydrogen-bond acceptors (Lipinski definition) is 5. The molecule has 0 bridgehead atoms. The van der Waals surface area contributed by atoms with Crippen molar-refractivity contribution in [2.45, 2.75) is 25.7 Å². The lowest BCUT2D eigenvalue weighted by Gasteiger charge is -2.47. The van der Waals surface area contributed by atoms with Crippen LogP contribution in [-0.4, -0.2) is 57.8 Å². The molecule has 2 aliphatic rings. The van der Waals surface area contributed by atoms with Crippen molar-refractivity contribution in [3.63, 3.8) is 0 Å². The number of aromatic hydroxyl groups is 1. The van der Waals surface area contributed by atoms with Crippen molar-refractivity contribution in [1.29, 1.82) is 0 Å². The molecule has 2 aliphatic heterocycles. The summed E-state index contributed by atoms with van der Waals surface area (Å²) in [6, 6.07) is 13.7. The van der Waals surface area contributed by atoms with Crippen LogP contribution in [0.4, 0.5) is 14.5 Å². The number of phenols is 1. The highest BCUT2D eigenvalue weighted by molar-refractivity contribution is 5.96. The summed E-state index contributed by atoms with van der Waals surface area (Å²) >= 11 is 0. The van der Waals surface area contributed by atoms with Gasteiger partial charge < -0.3 is 14.9 Å². The molecule has 0 aliphatic carbocycles. The first-order valence-corrected chi connectivity index (χ1v) is 12.8. The largest absolute Gasteiger partial charge is 0.502 e. The van der Waals surface area contributed by atoms with Gasteiger partial charge in [-0.15, -0.1) is 0 Å². The maximum Gasteiger partial charge on any atom is 0.311 e. The van der Waals surface area contributed by atoms with Crippen LogP contribution in [0.5, 0.6) is 5.75 Å². The molecule has 0 radical (unpaired) electrons. The fourth-order valence-corrected chi connectivity index (χ4v) is 5.64. The number of nitro groups is 1. The summed E-state index contributed by atoms with van der Waals surface area (Å²) in [4.78, 5) is 40.1. The maximum atomic E-state index is 14.9. The summed E-state index contributed by atoms with van der Waals surface area (Å²) in [5.74, 6) is -2.25. The van der Waals surface area contributed by atoms with E-state index in [4.69, 9.17) is 0 Å². The lowest BCUT2D eigenvalue weighted by Crippen LogP contribution is -2.52. The number of nitro benzene ring substituents is 1. The van der Waals surface area contributed by atoms with Crippen molar-refractivity contribution in [3.8, 4) is 16.9 Å². The molecule has 202 valence electrons. The van der Waals surface area contributed by atoms with Gasteiger partial charge in [0, 0.05) is 37.8 Å². The summed E-state index contributed by atoms with van der Waals surface area (Å²) in [6.07, 6.45) is 2.94. The van der Waals surface area contributed by atoms with Gasteiger partial charge in [0.05, 0.1) is 10.5 Å². The van der Waals surface area contributed by atoms with E-state index in [1.165, 1.54) is 30.3 Å². The Hall–Kier alpha value is -4.34. The molecule has 2 heterocycles. The van der Waals surface area contributed by atoms with E-state index < -0.39 is 28.1 Å². The Balaban J connectivity index is 1.24. The van der Waals surface area contributed by atoms with Gasteiger partial charge in [-0.1, -0.05) is 18.2 Å². The normalized spacial score (nSPS) is 16.8. The first-order valence-electron chi connectivity index (χ1n) is 12.8. The van der Waals surface area contributed by atoms with Crippen LogP contribution >= 0.6 is 0 Å². The predicted molar refractivity (Wildman–Crippen MR) is 139 cm³/mol. The maximum absolute atomic E-state index is 14.9. The quantitative estimate of drug-likeness (QED) is 0.356. The smallest absolute Gasteiger partial charge is 0.311 e. The van der Waals surface area contributed by atoms with Gasteiger partial charge in [0.15, 0.2) is 5.75 Å². The molecule has 8 nitrogen and oxygen atoms in total. The van der Waals surface area contributed by atoms with Crippen molar-refractivity contribution in [1.82, 2.24) is 9.80 Å². The van der Waals surface area contributed by atoms with Crippen molar-refractivity contribution < 1.29 is 28.4 Å². The van der Waals surface area contributed by atoms with Gasteiger partial charge in [-0.2, -0.15) is 0 Å². The lowest BCUT2D eigenvalue weighted by atomic mass is 9.72. The number of hydrogen-bond donors (Lipinski definition) is 1. The second-order valence-corrected chi connectivity index (χ2v) is 10.3. The number of benzene rings is 3. The van der Waals surface area contributed by atoms with E-state index in [1.54, 1.807) is 28.0 Å². The fraction of sp³-hybridized carbons (Fsp3) is 0.310. The molecule has 39 heavy (non-hydrogen) atoms. The molecule has 3 aromatic rings. The van der Waals surface area contributed by atoms with Gasteiger partial charge in [-0.25, -0.2) is 8.78 Å². The zero-order valence-electron chi connectivity index (χ0n) is 21.1. The lowest BCUT2D eigenvalue weighted by molar-refractivity contribution is -0.385. The zero-order valence-corrected chi connectivity index (χ0v) is 21.1. The molecule has 1 N–H and O–H groups in total. The Bertz CT molecular complexity index is 1440. The molecule has 1 spiro atoms. The zero-order chi connectivity index (χ0) is 27.7. The monoisotopic (exact) mass is 535 g/mol. The fourth-order valence-electron chi connectivity index (χ4n) is 5.64. The van der Waals surface area contributed by atoms with E-state index in [-0.39, 0.29) is 28.3 Å². The first-order chi connectivity index (χ1) is 18.7. The van der Waals surface area contributed by atoms with Gasteiger partial charge in [-0.3, -0.25) is 19.7 Å². The van der Waals surface area contributed by atoms with E-state index in [1.807, 2.05) is 0 Å². The Morgan fingerprint density at radius 1 is 0.846 bits per heavy atom. The van der Waals surface area contributed by atoms with Crippen LogP contribution in [0.15, 0.2) is 60.7 Å². The molecule has 5 rings (SSSR count). The van der Waals surface area contributed by atoms with Crippen LogP contribution in [0.25, 0.3) is 11.1 Å². The number of phenolic OH excluding ortho intramolecular Hbond substituents is 1. The van der Waals surface area contributed by atoms with Crippen LogP contribution < -0.4 is 0 Å². The molecule has 0 saturated carbocycles. The summed E-state index contributed by atoms with van der Waals surface area (Å²) in [6.45, 7) is 1.82. The second kappa shape index (κ2) is 10.4. The molecule has 2 fully saturated rings. The Morgan fingerprint density at radius 2 is 1.54 bits per heavy atom. The van der Waals surface area contributed by atoms with Crippen LogP contribution in [0.2, 0.25) is 0 Å². The topological polar surface area (TPSA) is 104 Å². The van der Waals surface area contributed by atoms with Gasteiger partial charge in [0.25, 0.3) is 11.8 Å². The molecule has 0 atom stereocenters. The molecule has 10 heteroatoms. The van der Waals surface area contributed by atoms with Crippen molar-refractivity contribution in [2.75, 3.05) is 26.2 Å². The molecule has 0 unspecified atom stereocenters. The Kier molecular flexibility index (Phi) is 7.03. The third-order valence-electron chi connectivity index (χ3n) is 7.86. The Labute approximate surface area is 223 Å². The number of carbonyl (C=O) groups excluding carboxylic acids is 2. The van der Waals surface area contributed by atoms with Crippen molar-refractivity contribution >= 4 is 17.5 Å². The van der Waals surface area contributed by atoms with E-state index in [0.717, 1.165) is 25.0 Å².